The number of allylic oxidation sites excluding steroid dienone is 2. The van der Waals surface area contributed by atoms with Crippen LogP contribution in [-0.2, 0) is 50.8 Å². The van der Waals surface area contributed by atoms with Gasteiger partial charge >= 0.3 is 12.9 Å². The van der Waals surface area contributed by atoms with Crippen LogP contribution in [0.25, 0.3) is 6.08 Å². The Morgan fingerprint density at radius 3 is 1.94 bits per heavy atom. The Balaban J connectivity index is 1.30. The van der Waals surface area contributed by atoms with Crippen molar-refractivity contribution < 1.29 is 85.6 Å². The van der Waals surface area contributed by atoms with E-state index in [0.717, 1.165) is 69.9 Å². The zero-order chi connectivity index (χ0) is 59.9. The molecule has 3 amide bonds. The molecule has 27 heteroatoms. The van der Waals surface area contributed by atoms with Crippen molar-refractivity contribution in [1.29, 1.82) is 0 Å². The molecule has 0 saturated heterocycles. The molecule has 22 nitrogen and oxygen atoms in total. The Hall–Kier alpha value is -5.33. The van der Waals surface area contributed by atoms with Crippen molar-refractivity contribution in [2.24, 2.45) is 0 Å². The number of quaternary nitrogens is 2. The molecular formula is C55H86BF2N9O13S2+2. The summed E-state index contributed by atoms with van der Waals surface area (Å²) in [5, 5.41) is 53.1. The number of aromatic hydroxyl groups is 2. The summed E-state index contributed by atoms with van der Waals surface area (Å²) in [6.07, 6.45) is 10.6. The molecule has 2 aliphatic heterocycles. The fraction of sp³-hybridized carbons (Fsp3) is 0.582. The predicted molar refractivity (Wildman–Crippen MR) is 311 cm³/mol. The number of benzene rings is 1. The molecular weight excluding hydrogens is 1110 g/mol. The molecule has 3 aromatic rings. The maximum absolute atomic E-state index is 17.7. The van der Waals surface area contributed by atoms with Crippen molar-refractivity contribution in [3.05, 3.63) is 88.4 Å². The Morgan fingerprint density at radius 2 is 1.33 bits per heavy atom. The summed E-state index contributed by atoms with van der Waals surface area (Å²) in [7, 11) is 14.4. The van der Waals surface area contributed by atoms with Crippen LogP contribution >= 0.6 is 24.1 Å². The number of aromatic nitrogens is 2. The zero-order valence-electron chi connectivity index (χ0n) is 48.5. The fourth-order valence-corrected chi connectivity index (χ4v) is 10.7. The monoisotopic (exact) mass is 1190 g/mol. The normalized spacial score (nSPS) is 14.7. The van der Waals surface area contributed by atoms with Crippen LogP contribution in [0.2, 0.25) is 0 Å². The van der Waals surface area contributed by atoms with Crippen molar-refractivity contribution in [2.75, 3.05) is 93.6 Å². The first-order valence-electron chi connectivity index (χ1n) is 28.1. The minimum Gasteiger partial charge on any atom is -0.492 e. The van der Waals surface area contributed by atoms with Gasteiger partial charge in [-0.25, -0.2) is 15.3 Å². The van der Waals surface area contributed by atoms with E-state index in [-0.39, 0.29) is 49.0 Å². The van der Waals surface area contributed by atoms with Crippen LogP contribution < -0.4 is 20.8 Å². The molecule has 0 fully saturated rings. The third-order valence-corrected chi connectivity index (χ3v) is 15.3. The molecule has 0 bridgehead atoms. The molecule has 5 rings (SSSR count). The highest BCUT2D eigenvalue weighted by Gasteiger charge is 2.54. The number of nitrogens with zero attached hydrogens (tertiary/aromatic N) is 6. The van der Waals surface area contributed by atoms with E-state index in [2.05, 4.69) is 81.9 Å². The number of fused-ring (bicyclic) bond motifs is 2. The van der Waals surface area contributed by atoms with Crippen molar-refractivity contribution in [2.45, 2.75) is 115 Å². The summed E-state index contributed by atoms with van der Waals surface area (Å²) in [5.74, 6) is -1.95. The maximum atomic E-state index is 17.7. The molecule has 456 valence electrons. The topological polar surface area (TPSA) is 248 Å². The minimum absolute atomic E-state index is 0.0855. The molecule has 7 N–H and O–H groups in total. The van der Waals surface area contributed by atoms with E-state index < -0.39 is 36.8 Å². The van der Waals surface area contributed by atoms with Gasteiger partial charge in [0.05, 0.1) is 55.4 Å². The van der Waals surface area contributed by atoms with Crippen LogP contribution in [0.15, 0.2) is 65.9 Å². The van der Waals surface area contributed by atoms with E-state index in [0.29, 0.717) is 132 Å². The predicted octanol–water partition coefficient (Wildman–Crippen LogP) is 6.49. The summed E-state index contributed by atoms with van der Waals surface area (Å²) < 4.78 is 48.8. The van der Waals surface area contributed by atoms with E-state index in [9.17, 15) is 29.4 Å². The summed E-state index contributed by atoms with van der Waals surface area (Å²) in [5.41, 5.74) is 3.14. The highest BCUT2D eigenvalue weighted by molar-refractivity contribution is 7.94. The Labute approximate surface area is 488 Å². The minimum atomic E-state index is -4.56. The first kappa shape index (κ1) is 67.5. The second-order valence-electron chi connectivity index (χ2n) is 22.9. The van der Waals surface area contributed by atoms with Gasteiger partial charge in [-0.15, -0.1) is 13.4 Å². The van der Waals surface area contributed by atoms with Gasteiger partial charge in [-0.2, -0.15) is 0 Å². The number of unbranched alkanes of at least 4 members (excludes halogenated alkanes) is 4. The first-order valence-corrected chi connectivity index (χ1v) is 29.9. The molecule has 4 heterocycles. The molecule has 2 aliphatic rings. The number of carbonyl (C=O) groups excluding carboxylic acids is 4. The number of halogens is 2. The third-order valence-electron chi connectivity index (χ3n) is 14.1. The van der Waals surface area contributed by atoms with Crippen molar-refractivity contribution in [1.82, 2.24) is 30.1 Å². The fourth-order valence-electron chi connectivity index (χ4n) is 9.96. The number of hydrogen-bond acceptors (Lipinski definition) is 16. The van der Waals surface area contributed by atoms with Gasteiger partial charge < -0.3 is 62.5 Å². The molecule has 2 atom stereocenters. The van der Waals surface area contributed by atoms with E-state index in [1.807, 2.05) is 13.1 Å². The maximum Gasteiger partial charge on any atom is 0.737 e. The van der Waals surface area contributed by atoms with Gasteiger partial charge in [0.2, 0.25) is 29.5 Å². The largest absolute Gasteiger partial charge is 0.737 e. The Bertz CT molecular complexity index is 2630. The molecule has 2 aromatic heterocycles. The highest BCUT2D eigenvalue weighted by Crippen LogP contribution is 2.40. The number of carbonyl (C=O) groups is 4. The lowest BCUT2D eigenvalue weighted by Crippen LogP contribution is -2.54. The lowest BCUT2D eigenvalue weighted by atomic mass is 9.88. The summed E-state index contributed by atoms with van der Waals surface area (Å²) in [6.45, 7) is -1.39. The lowest BCUT2D eigenvalue weighted by Gasteiger charge is -2.32. The van der Waals surface area contributed by atoms with Gasteiger partial charge in [0.25, 0.3) is 0 Å². The quantitative estimate of drug-likeness (QED) is 0.00803. The number of amides is 3. The molecule has 0 saturated carbocycles. The molecule has 0 spiro atoms. The lowest BCUT2D eigenvalue weighted by molar-refractivity contribution is -0.870. The average Bonchev–Trinajstić information content (AvgIpc) is 2.77. The van der Waals surface area contributed by atoms with Crippen LogP contribution in [0.4, 0.5) is 8.63 Å². The highest BCUT2D eigenvalue weighted by atomic mass is 32.2. The second kappa shape index (κ2) is 33.2. The first-order chi connectivity index (χ1) is 39.0. The van der Waals surface area contributed by atoms with Gasteiger partial charge in [0.15, 0.2) is 11.4 Å². The van der Waals surface area contributed by atoms with Crippen molar-refractivity contribution in [3.8, 4) is 11.8 Å². The van der Waals surface area contributed by atoms with E-state index in [4.69, 9.17) is 15.4 Å². The summed E-state index contributed by atoms with van der Waals surface area (Å²) in [4.78, 5) is 61.9. The number of hydrogen-bond donors (Lipinski definition) is 7. The summed E-state index contributed by atoms with van der Waals surface area (Å²) >= 11 is 1.76. The third kappa shape index (κ3) is 21.7. The van der Waals surface area contributed by atoms with Gasteiger partial charge in [-0.05, 0) is 127 Å². The Morgan fingerprint density at radius 1 is 0.720 bits per heavy atom. The molecule has 0 radical (unpaired) electrons. The molecule has 0 aliphatic carbocycles. The average molecular weight is 1190 g/mol. The van der Waals surface area contributed by atoms with Crippen molar-refractivity contribution >= 4 is 66.5 Å². The van der Waals surface area contributed by atoms with Gasteiger partial charge in [0.1, 0.15) is 12.1 Å². The SMILES string of the molecule is CN(CCCCCC(=O)On1c(O)ccc1O)CCNC(=O)C(CCCC[N+](C)(C)C)NC(=O)C(CCCC[N+](C)(C)C)NC(=O)CCc1cc(CCCSOOO)c2n1[B-](F)(F)[N+]1=C(c3ccccc3)C=C(CCCSOOO)C1=C2. The molecule has 2 unspecified atom stereocenters. The standard InChI is InChI=1S/C55H84BF2N9O13S2/c1-62(32-15-9-12-26-53(71)76-65-51(69)29-30-52(65)70)33-31-59-54(72)45(24-13-16-34-66(2,3)4)61-55(73)46(25-14-17-35-67(5,6)7)60-50(68)28-27-44-38-42(22-18-36-81-79-77-74)48-40-49-43(23-19-37-82-80-78-75)39-47(41-20-10-8-11-21-41)64(49)56(57,58)63(44)48/h8,10-11,20-21,29-30,38-40,45-46H,9,12-19,22-28,31-37H2,1-7H3,(H5-2,59,60,61,68,69,70,72,73,74,75)/p+2. The van der Waals surface area contributed by atoms with E-state index >= 15 is 8.63 Å². The van der Waals surface area contributed by atoms with Crippen LogP contribution in [0.1, 0.15) is 112 Å². The molecule has 82 heavy (non-hydrogen) atoms. The van der Waals surface area contributed by atoms with Crippen LogP contribution in [0.3, 0.4) is 0 Å². The summed E-state index contributed by atoms with van der Waals surface area (Å²) in [6, 6.07) is 11.2. The Kier molecular flexibility index (Phi) is 27.3. The van der Waals surface area contributed by atoms with E-state index in [1.54, 1.807) is 42.5 Å². The van der Waals surface area contributed by atoms with Gasteiger partial charge in [-0.1, -0.05) is 34.7 Å². The molecule has 1 aromatic carbocycles. The van der Waals surface area contributed by atoms with Crippen LogP contribution in [-0.4, -0.2) is 190 Å². The van der Waals surface area contributed by atoms with Crippen molar-refractivity contribution in [3.63, 3.8) is 0 Å². The van der Waals surface area contributed by atoms with Crippen LogP contribution in [0.5, 0.6) is 11.8 Å². The van der Waals surface area contributed by atoms with E-state index in [1.165, 1.54) is 12.1 Å². The second-order valence-corrected chi connectivity index (χ2v) is 24.4. The smallest absolute Gasteiger partial charge is 0.492 e. The number of aryl methyl sites for hydroxylation is 2. The van der Waals surface area contributed by atoms with Gasteiger partial charge in [-0.3, -0.25) is 14.4 Å². The zero-order valence-corrected chi connectivity index (χ0v) is 50.1. The van der Waals surface area contributed by atoms with Crippen LogP contribution in [0, 0.1) is 0 Å². The number of nitrogens with one attached hydrogen (secondary N) is 3. The number of rotatable bonds is 40. The number of likely N-dealkylation sites (N-methyl/N-ethyl adjacent to an activating group) is 1. The van der Waals surface area contributed by atoms with Gasteiger partial charge in [0, 0.05) is 103 Å².